The number of rotatable bonds is 7. The summed E-state index contributed by atoms with van der Waals surface area (Å²) in [4.78, 5) is 23.7. The van der Waals surface area contributed by atoms with Crippen LogP contribution >= 0.6 is 0 Å². The zero-order chi connectivity index (χ0) is 15.8. The van der Waals surface area contributed by atoms with E-state index in [1.165, 1.54) is 25.7 Å². The molecule has 6 heteroatoms. The predicted molar refractivity (Wildman–Crippen MR) is 84.1 cm³/mol. The van der Waals surface area contributed by atoms with E-state index < -0.39 is 6.04 Å². The van der Waals surface area contributed by atoms with Gasteiger partial charge in [-0.05, 0) is 37.5 Å². The second kappa shape index (κ2) is 9.10. The smallest absolute Gasteiger partial charge is 0.237 e. The first-order valence-corrected chi connectivity index (χ1v) is 8.54. The summed E-state index contributed by atoms with van der Waals surface area (Å²) in [6.45, 7) is 2.27. The molecule has 2 amide bonds. The molecule has 1 atom stereocenters. The van der Waals surface area contributed by atoms with Crippen LogP contribution in [0.15, 0.2) is 0 Å². The lowest BCUT2D eigenvalue weighted by molar-refractivity contribution is -0.125. The third kappa shape index (κ3) is 5.57. The van der Waals surface area contributed by atoms with Crippen molar-refractivity contribution in [3.05, 3.63) is 0 Å². The Morgan fingerprint density at radius 2 is 1.68 bits per heavy atom. The van der Waals surface area contributed by atoms with Crippen molar-refractivity contribution in [2.75, 3.05) is 26.3 Å². The Labute approximate surface area is 132 Å². The van der Waals surface area contributed by atoms with Gasteiger partial charge in [0.15, 0.2) is 0 Å². The molecule has 4 N–H and O–H groups in total. The van der Waals surface area contributed by atoms with E-state index in [1.54, 1.807) is 0 Å². The van der Waals surface area contributed by atoms with Gasteiger partial charge < -0.3 is 21.1 Å². The Bertz CT molecular complexity index is 364. The van der Waals surface area contributed by atoms with Gasteiger partial charge in [0.2, 0.25) is 11.8 Å². The predicted octanol–water partition coefficient (Wildman–Crippen LogP) is 0.553. The lowest BCUT2D eigenvalue weighted by Gasteiger charge is -2.26. The highest BCUT2D eigenvalue weighted by molar-refractivity contribution is 5.82. The largest absolute Gasteiger partial charge is 0.381 e. The van der Waals surface area contributed by atoms with Crippen LogP contribution in [0.4, 0.5) is 0 Å². The number of amides is 2. The fourth-order valence-corrected chi connectivity index (χ4v) is 3.34. The van der Waals surface area contributed by atoms with Crippen molar-refractivity contribution in [3.63, 3.8) is 0 Å². The number of carbonyl (C=O) groups is 2. The van der Waals surface area contributed by atoms with Crippen molar-refractivity contribution in [2.24, 2.45) is 17.6 Å². The zero-order valence-corrected chi connectivity index (χ0v) is 13.3. The van der Waals surface area contributed by atoms with Crippen molar-refractivity contribution in [3.8, 4) is 0 Å². The van der Waals surface area contributed by atoms with Gasteiger partial charge in [-0.3, -0.25) is 9.59 Å². The number of hydrogen-bond donors (Lipinski definition) is 3. The quantitative estimate of drug-likeness (QED) is 0.599. The molecule has 1 aliphatic heterocycles. The summed E-state index contributed by atoms with van der Waals surface area (Å²) in [5.41, 5.74) is 5.99. The van der Waals surface area contributed by atoms with E-state index in [1.807, 2.05) is 0 Å². The Morgan fingerprint density at radius 1 is 1.05 bits per heavy atom. The van der Waals surface area contributed by atoms with E-state index in [9.17, 15) is 9.59 Å². The van der Waals surface area contributed by atoms with E-state index in [-0.39, 0.29) is 17.7 Å². The van der Waals surface area contributed by atoms with E-state index in [4.69, 9.17) is 10.5 Å². The summed E-state index contributed by atoms with van der Waals surface area (Å²) in [6.07, 6.45) is 7.14. The molecule has 2 aliphatic rings. The van der Waals surface area contributed by atoms with Gasteiger partial charge in [0.05, 0.1) is 6.04 Å². The minimum Gasteiger partial charge on any atom is -0.381 e. The molecule has 1 unspecified atom stereocenters. The van der Waals surface area contributed by atoms with Gasteiger partial charge >= 0.3 is 0 Å². The van der Waals surface area contributed by atoms with Crippen molar-refractivity contribution in [2.45, 2.75) is 51.0 Å². The summed E-state index contributed by atoms with van der Waals surface area (Å²) < 4.78 is 5.27. The standard InChI is InChI=1S/C16H29N3O3/c17-15(13-5-9-22-10-6-13)16(21)19-8-7-18-14(20)11-12-3-1-2-4-12/h12-13,15H,1-11,17H2,(H,18,20)(H,19,21). The molecule has 1 saturated carbocycles. The van der Waals surface area contributed by atoms with Gasteiger partial charge in [-0.25, -0.2) is 0 Å². The molecule has 6 nitrogen and oxygen atoms in total. The number of hydrogen-bond acceptors (Lipinski definition) is 4. The lowest BCUT2D eigenvalue weighted by Crippen LogP contribution is -2.48. The van der Waals surface area contributed by atoms with E-state index in [0.717, 1.165) is 12.8 Å². The third-order valence-electron chi connectivity index (χ3n) is 4.77. The molecular formula is C16H29N3O3. The molecular weight excluding hydrogens is 282 g/mol. The van der Waals surface area contributed by atoms with Crippen LogP contribution in [0.3, 0.4) is 0 Å². The van der Waals surface area contributed by atoms with Crippen LogP contribution in [0, 0.1) is 11.8 Å². The average Bonchev–Trinajstić information content (AvgIpc) is 3.04. The van der Waals surface area contributed by atoms with Gasteiger partial charge in [0.25, 0.3) is 0 Å². The van der Waals surface area contributed by atoms with Crippen LogP contribution in [0.1, 0.15) is 44.9 Å². The maximum atomic E-state index is 12.0. The molecule has 0 aromatic rings. The number of ether oxygens (including phenoxy) is 1. The minimum absolute atomic E-state index is 0.0925. The second-order valence-electron chi connectivity index (χ2n) is 6.47. The van der Waals surface area contributed by atoms with Gasteiger partial charge in [-0.1, -0.05) is 12.8 Å². The normalized spacial score (nSPS) is 21.5. The number of carbonyl (C=O) groups excluding carboxylic acids is 2. The number of nitrogens with one attached hydrogen (secondary N) is 2. The molecule has 0 radical (unpaired) electrons. The van der Waals surface area contributed by atoms with Crippen molar-refractivity contribution in [1.82, 2.24) is 10.6 Å². The average molecular weight is 311 g/mol. The summed E-state index contributed by atoms with van der Waals surface area (Å²) in [5.74, 6) is 0.717. The molecule has 22 heavy (non-hydrogen) atoms. The fraction of sp³-hybridized carbons (Fsp3) is 0.875. The van der Waals surface area contributed by atoms with Gasteiger partial charge in [0.1, 0.15) is 0 Å². The minimum atomic E-state index is -0.474. The molecule has 1 saturated heterocycles. The van der Waals surface area contributed by atoms with Crippen molar-refractivity contribution in [1.29, 1.82) is 0 Å². The Balaban J connectivity index is 1.55. The van der Waals surface area contributed by atoms with E-state index in [2.05, 4.69) is 10.6 Å². The summed E-state index contributed by atoms with van der Waals surface area (Å²) in [5, 5.41) is 5.68. The van der Waals surface area contributed by atoms with E-state index >= 15 is 0 Å². The van der Waals surface area contributed by atoms with Crippen LogP contribution in [-0.4, -0.2) is 44.2 Å². The van der Waals surface area contributed by atoms with Gasteiger partial charge in [0, 0.05) is 32.7 Å². The highest BCUT2D eigenvalue weighted by atomic mass is 16.5. The number of nitrogens with two attached hydrogens (primary N) is 1. The Hall–Kier alpha value is -1.14. The maximum Gasteiger partial charge on any atom is 0.237 e. The van der Waals surface area contributed by atoms with Crippen molar-refractivity contribution >= 4 is 11.8 Å². The summed E-state index contributed by atoms with van der Waals surface area (Å²) in [6, 6.07) is -0.474. The third-order valence-corrected chi connectivity index (χ3v) is 4.77. The topological polar surface area (TPSA) is 93.5 Å². The molecule has 2 fully saturated rings. The lowest BCUT2D eigenvalue weighted by atomic mass is 9.92. The summed E-state index contributed by atoms with van der Waals surface area (Å²) >= 11 is 0. The van der Waals surface area contributed by atoms with Crippen LogP contribution in [0.2, 0.25) is 0 Å². The highest BCUT2D eigenvalue weighted by Gasteiger charge is 2.26. The molecule has 1 aliphatic carbocycles. The molecule has 126 valence electrons. The van der Waals surface area contributed by atoms with Crippen LogP contribution < -0.4 is 16.4 Å². The van der Waals surface area contributed by atoms with Crippen LogP contribution in [0.25, 0.3) is 0 Å². The highest BCUT2D eigenvalue weighted by Crippen LogP contribution is 2.27. The molecule has 0 bridgehead atoms. The maximum absolute atomic E-state index is 12.0. The first-order valence-electron chi connectivity index (χ1n) is 8.54. The van der Waals surface area contributed by atoms with Gasteiger partial charge in [-0.15, -0.1) is 0 Å². The molecule has 1 heterocycles. The van der Waals surface area contributed by atoms with Gasteiger partial charge in [-0.2, -0.15) is 0 Å². The van der Waals surface area contributed by atoms with Crippen LogP contribution in [-0.2, 0) is 14.3 Å². The monoisotopic (exact) mass is 311 g/mol. The van der Waals surface area contributed by atoms with E-state index in [0.29, 0.717) is 38.6 Å². The fourth-order valence-electron chi connectivity index (χ4n) is 3.34. The Kier molecular flexibility index (Phi) is 7.12. The zero-order valence-electron chi connectivity index (χ0n) is 13.3. The summed E-state index contributed by atoms with van der Waals surface area (Å²) in [7, 11) is 0. The Morgan fingerprint density at radius 3 is 2.36 bits per heavy atom. The van der Waals surface area contributed by atoms with Crippen LogP contribution in [0.5, 0.6) is 0 Å². The first kappa shape index (κ1) is 17.2. The first-order chi connectivity index (χ1) is 10.7. The molecule has 2 rings (SSSR count). The SMILES string of the molecule is NC(C(=O)NCCNC(=O)CC1CCCC1)C1CCOCC1. The molecule has 0 aromatic heterocycles. The second-order valence-corrected chi connectivity index (χ2v) is 6.47. The molecule has 0 aromatic carbocycles. The molecule has 0 spiro atoms. The van der Waals surface area contributed by atoms with Crippen molar-refractivity contribution < 1.29 is 14.3 Å².